The highest BCUT2D eigenvalue weighted by Crippen LogP contribution is 2.59. The lowest BCUT2D eigenvalue weighted by Gasteiger charge is -2.36. The minimum atomic E-state index is -0.00889. The summed E-state index contributed by atoms with van der Waals surface area (Å²) in [6.45, 7) is 11.0. The van der Waals surface area contributed by atoms with Crippen LogP contribution in [0.25, 0.3) is 0 Å². The molecular weight excluding hydrogens is 272 g/mol. The summed E-state index contributed by atoms with van der Waals surface area (Å²) in [6, 6.07) is 0. The number of ether oxygens (including phenoxy) is 1. The maximum absolute atomic E-state index is 12.5. The molecule has 0 bridgehead atoms. The summed E-state index contributed by atoms with van der Waals surface area (Å²) in [5.74, 6) is 2.61. The van der Waals surface area contributed by atoms with Crippen molar-refractivity contribution in [2.75, 3.05) is 5.88 Å². The van der Waals surface area contributed by atoms with Gasteiger partial charge >= 0.3 is 5.97 Å². The topological polar surface area (TPSA) is 26.3 Å². The van der Waals surface area contributed by atoms with Gasteiger partial charge < -0.3 is 4.74 Å². The molecule has 0 saturated heterocycles. The Balaban J connectivity index is 1.99. The van der Waals surface area contributed by atoms with E-state index in [-0.39, 0.29) is 29.3 Å². The van der Waals surface area contributed by atoms with Crippen LogP contribution >= 0.6 is 11.6 Å². The second-order valence-corrected chi connectivity index (χ2v) is 8.17. The number of alkyl halides is 1. The molecule has 5 unspecified atom stereocenters. The molecule has 116 valence electrons. The van der Waals surface area contributed by atoms with Crippen LogP contribution in [0.4, 0.5) is 0 Å². The van der Waals surface area contributed by atoms with Crippen LogP contribution in [0.5, 0.6) is 0 Å². The van der Waals surface area contributed by atoms with Crippen molar-refractivity contribution < 1.29 is 9.53 Å². The van der Waals surface area contributed by atoms with E-state index in [1.165, 1.54) is 12.8 Å². The zero-order chi connectivity index (χ0) is 15.1. The highest BCUT2D eigenvalue weighted by Gasteiger charge is 2.62. The zero-order valence-corrected chi connectivity index (χ0v) is 14.2. The van der Waals surface area contributed by atoms with E-state index in [9.17, 15) is 4.79 Å². The highest BCUT2D eigenvalue weighted by molar-refractivity contribution is 6.18. The average molecular weight is 301 g/mol. The van der Waals surface area contributed by atoms with Gasteiger partial charge in [-0.1, -0.05) is 41.0 Å². The smallest absolute Gasteiger partial charge is 0.310 e. The second kappa shape index (κ2) is 5.87. The third-order valence-electron chi connectivity index (χ3n) is 5.70. The van der Waals surface area contributed by atoms with Crippen molar-refractivity contribution in [3.63, 3.8) is 0 Å². The van der Waals surface area contributed by atoms with Gasteiger partial charge in [0.1, 0.15) is 6.10 Å². The molecule has 5 atom stereocenters. The van der Waals surface area contributed by atoms with E-state index in [1.54, 1.807) is 0 Å². The maximum Gasteiger partial charge on any atom is 0.310 e. The van der Waals surface area contributed by atoms with E-state index in [4.69, 9.17) is 16.3 Å². The third-order valence-corrected chi connectivity index (χ3v) is 6.03. The summed E-state index contributed by atoms with van der Waals surface area (Å²) in [6.07, 6.45) is 3.58. The maximum atomic E-state index is 12.5. The molecule has 2 nitrogen and oxygen atoms in total. The summed E-state index contributed by atoms with van der Waals surface area (Å²) >= 11 is 5.96. The lowest BCUT2D eigenvalue weighted by molar-refractivity contribution is -0.158. The summed E-state index contributed by atoms with van der Waals surface area (Å²) in [5.41, 5.74) is 0.0203. The Kier molecular flexibility index (Phi) is 4.73. The minimum Gasteiger partial charge on any atom is -0.462 e. The molecule has 0 aromatic heterocycles. The van der Waals surface area contributed by atoms with E-state index < -0.39 is 0 Å². The van der Waals surface area contributed by atoms with Gasteiger partial charge in [0.15, 0.2) is 0 Å². The Morgan fingerprint density at radius 2 is 2.00 bits per heavy atom. The van der Waals surface area contributed by atoms with Crippen molar-refractivity contribution >= 4 is 17.6 Å². The third kappa shape index (κ3) is 3.00. The lowest BCUT2D eigenvalue weighted by Crippen LogP contribution is -2.36. The molecule has 2 aliphatic rings. The summed E-state index contributed by atoms with van der Waals surface area (Å²) < 4.78 is 5.93. The Morgan fingerprint density at radius 3 is 2.50 bits per heavy atom. The Hall–Kier alpha value is -0.240. The molecule has 20 heavy (non-hydrogen) atoms. The number of carbonyl (C=O) groups is 1. The minimum absolute atomic E-state index is 0.00467. The van der Waals surface area contributed by atoms with E-state index >= 15 is 0 Å². The second-order valence-electron chi connectivity index (χ2n) is 7.86. The molecular formula is C17H29ClO2. The van der Waals surface area contributed by atoms with Crippen molar-refractivity contribution in [3.05, 3.63) is 0 Å². The summed E-state index contributed by atoms with van der Waals surface area (Å²) in [4.78, 5) is 12.5. The van der Waals surface area contributed by atoms with E-state index in [0.717, 1.165) is 6.42 Å². The molecule has 0 amide bonds. The molecule has 2 rings (SSSR count). The van der Waals surface area contributed by atoms with Gasteiger partial charge in [0.2, 0.25) is 0 Å². The molecule has 0 aromatic carbocycles. The molecule has 0 N–H and O–H groups in total. The quantitative estimate of drug-likeness (QED) is 0.564. The van der Waals surface area contributed by atoms with Gasteiger partial charge in [-0.3, -0.25) is 4.79 Å². The van der Waals surface area contributed by atoms with Crippen molar-refractivity contribution in [3.8, 4) is 0 Å². The fourth-order valence-electron chi connectivity index (χ4n) is 3.97. The monoisotopic (exact) mass is 300 g/mol. The van der Waals surface area contributed by atoms with Gasteiger partial charge in [-0.05, 0) is 41.9 Å². The van der Waals surface area contributed by atoms with Crippen LogP contribution < -0.4 is 0 Å². The molecule has 0 spiro atoms. The highest BCUT2D eigenvalue weighted by atomic mass is 35.5. The molecule has 0 radical (unpaired) electrons. The first kappa shape index (κ1) is 16.1. The largest absolute Gasteiger partial charge is 0.462 e. The van der Waals surface area contributed by atoms with Crippen LogP contribution in [0, 0.1) is 35.0 Å². The van der Waals surface area contributed by atoms with Crippen LogP contribution in [-0.2, 0) is 9.53 Å². The van der Waals surface area contributed by atoms with Gasteiger partial charge in [-0.2, -0.15) is 0 Å². The van der Waals surface area contributed by atoms with Crippen molar-refractivity contribution in [1.29, 1.82) is 0 Å². The Bertz CT molecular complexity index is 364. The lowest BCUT2D eigenvalue weighted by atomic mass is 9.75. The first-order valence-corrected chi connectivity index (χ1v) is 8.59. The van der Waals surface area contributed by atoms with E-state index in [2.05, 4.69) is 34.6 Å². The fraction of sp³-hybridized carbons (Fsp3) is 0.941. The van der Waals surface area contributed by atoms with Gasteiger partial charge in [0.25, 0.3) is 0 Å². The first-order valence-electron chi connectivity index (χ1n) is 8.05. The van der Waals surface area contributed by atoms with Gasteiger partial charge in [-0.15, -0.1) is 11.6 Å². The fourth-order valence-corrected chi connectivity index (χ4v) is 4.55. The molecule has 2 saturated carbocycles. The predicted octanol–water partition coefficient (Wildman–Crippen LogP) is 4.50. The number of rotatable bonds is 4. The van der Waals surface area contributed by atoms with Crippen LogP contribution in [0.15, 0.2) is 0 Å². The van der Waals surface area contributed by atoms with Crippen molar-refractivity contribution in [2.24, 2.45) is 35.0 Å². The zero-order valence-electron chi connectivity index (χ0n) is 13.5. The van der Waals surface area contributed by atoms with Gasteiger partial charge in [0.05, 0.1) is 5.92 Å². The summed E-state index contributed by atoms with van der Waals surface area (Å²) in [5, 5.41) is 0. The van der Waals surface area contributed by atoms with Gasteiger partial charge in [0, 0.05) is 5.88 Å². The average Bonchev–Trinajstić information content (AvgIpc) is 2.90. The standard InChI is InChI=1S/C17H29ClO2/c1-10(2)12-7-6-11(3)8-14(12)20-16(19)15-13(9-18)17(15,4)5/h10-15H,6-9H2,1-5H3. The number of esters is 1. The normalized spacial score (nSPS) is 39.6. The number of carbonyl (C=O) groups excluding carboxylic acids is 1. The Labute approximate surface area is 128 Å². The van der Waals surface area contributed by atoms with Crippen molar-refractivity contribution in [2.45, 2.75) is 60.0 Å². The van der Waals surface area contributed by atoms with Crippen molar-refractivity contribution in [1.82, 2.24) is 0 Å². The van der Waals surface area contributed by atoms with Crippen LogP contribution in [0.1, 0.15) is 53.9 Å². The molecule has 0 aliphatic heterocycles. The summed E-state index contributed by atoms with van der Waals surface area (Å²) in [7, 11) is 0. The van der Waals surface area contributed by atoms with Gasteiger partial charge in [-0.25, -0.2) is 0 Å². The number of hydrogen-bond donors (Lipinski definition) is 0. The van der Waals surface area contributed by atoms with Crippen LogP contribution in [0.3, 0.4) is 0 Å². The molecule has 2 fully saturated rings. The Morgan fingerprint density at radius 1 is 1.35 bits per heavy atom. The molecule has 0 heterocycles. The van der Waals surface area contributed by atoms with Crippen LogP contribution in [0.2, 0.25) is 0 Å². The predicted molar refractivity (Wildman–Crippen MR) is 82.7 cm³/mol. The van der Waals surface area contributed by atoms with Crippen LogP contribution in [-0.4, -0.2) is 18.0 Å². The number of hydrogen-bond acceptors (Lipinski definition) is 2. The molecule has 0 aromatic rings. The van der Waals surface area contributed by atoms with E-state index in [1.807, 2.05) is 0 Å². The SMILES string of the molecule is CC1CCC(C(C)C)C(OC(=O)C2C(CCl)C2(C)C)C1. The molecule has 3 heteroatoms. The first-order chi connectivity index (χ1) is 9.28. The van der Waals surface area contributed by atoms with E-state index in [0.29, 0.717) is 23.6 Å². The number of halogens is 1. The molecule has 2 aliphatic carbocycles.